The largest absolute Gasteiger partial charge is 0.370 e. The molecule has 0 aromatic carbocycles. The maximum atomic E-state index is 6.40. The molecule has 116 valence electrons. The van der Waals surface area contributed by atoms with Gasteiger partial charge in [-0.25, -0.2) is 0 Å². The van der Waals surface area contributed by atoms with Crippen molar-refractivity contribution in [3.63, 3.8) is 0 Å². The van der Waals surface area contributed by atoms with Crippen LogP contribution >= 0.6 is 0 Å². The molecule has 3 heteroatoms. The lowest BCUT2D eigenvalue weighted by molar-refractivity contribution is -0.0743. The first-order valence-corrected chi connectivity index (χ1v) is 7.54. The van der Waals surface area contributed by atoms with Crippen molar-refractivity contribution in [2.75, 3.05) is 21.2 Å². The lowest BCUT2D eigenvalue weighted by Gasteiger charge is -2.39. The lowest BCUT2D eigenvalue weighted by atomic mass is 9.81. The highest BCUT2D eigenvalue weighted by Crippen LogP contribution is 2.42. The molecule has 20 heavy (non-hydrogen) atoms. The molecule has 4 atom stereocenters. The summed E-state index contributed by atoms with van der Waals surface area (Å²) in [5, 5.41) is 0. The second-order valence-corrected chi connectivity index (χ2v) is 6.78. The molecule has 0 aliphatic carbocycles. The Morgan fingerprint density at radius 3 is 2.30 bits per heavy atom. The van der Waals surface area contributed by atoms with Crippen LogP contribution < -0.4 is 0 Å². The number of nitrogens with zero attached hydrogens (tertiary/aromatic N) is 1. The van der Waals surface area contributed by atoms with Gasteiger partial charge in [0.25, 0.3) is 0 Å². The molecule has 1 saturated heterocycles. The Bertz CT molecular complexity index is 358. The molecule has 1 heterocycles. The van der Waals surface area contributed by atoms with E-state index in [4.69, 9.17) is 9.47 Å². The molecule has 0 N–H and O–H groups in total. The van der Waals surface area contributed by atoms with Gasteiger partial charge in [0.15, 0.2) is 0 Å². The molecule has 0 radical (unpaired) electrons. The monoisotopic (exact) mass is 281 g/mol. The number of likely N-dealkylation sites (N-methyl/N-ethyl adjacent to an activating group) is 1. The minimum Gasteiger partial charge on any atom is -0.370 e. The quantitative estimate of drug-likeness (QED) is 0.698. The van der Waals surface area contributed by atoms with E-state index in [2.05, 4.69) is 59.0 Å². The molecule has 3 nitrogen and oxygen atoms in total. The number of ether oxygens (including phenoxy) is 2. The second kappa shape index (κ2) is 6.91. The van der Waals surface area contributed by atoms with Crippen molar-refractivity contribution in [2.45, 2.75) is 58.0 Å². The van der Waals surface area contributed by atoms with Crippen molar-refractivity contribution in [2.24, 2.45) is 11.8 Å². The third kappa shape index (κ3) is 3.17. The van der Waals surface area contributed by atoms with Crippen LogP contribution in [0.15, 0.2) is 18.4 Å². The zero-order valence-corrected chi connectivity index (χ0v) is 14.1. The summed E-state index contributed by atoms with van der Waals surface area (Å²) in [7, 11) is 5.95. The summed E-state index contributed by atoms with van der Waals surface area (Å²) in [6.07, 6.45) is 3.19. The Hall–Kier alpha value is -0.600. The lowest BCUT2D eigenvalue weighted by Crippen LogP contribution is -2.55. The Labute approximate surface area is 124 Å². The topological polar surface area (TPSA) is 21.7 Å². The minimum absolute atomic E-state index is 0.0258. The molecule has 1 fully saturated rings. The summed E-state index contributed by atoms with van der Waals surface area (Å²) in [5.41, 5.74) is 2.47. The molecule has 0 aromatic rings. The maximum absolute atomic E-state index is 6.40. The fourth-order valence-corrected chi connectivity index (χ4v) is 3.51. The summed E-state index contributed by atoms with van der Waals surface area (Å²) in [6, 6.07) is 0.177. The Kier molecular flexibility index (Phi) is 6.03. The maximum Gasteiger partial charge on any atom is 0.137 e. The van der Waals surface area contributed by atoms with Gasteiger partial charge in [-0.3, -0.25) is 0 Å². The molecular weight excluding hydrogens is 250 g/mol. The molecule has 0 aromatic heterocycles. The predicted molar refractivity (Wildman–Crippen MR) is 83.9 cm³/mol. The van der Waals surface area contributed by atoms with E-state index in [9.17, 15) is 0 Å². The number of rotatable bonds is 6. The van der Waals surface area contributed by atoms with Crippen LogP contribution in [0.1, 0.15) is 34.1 Å². The van der Waals surface area contributed by atoms with E-state index in [1.165, 1.54) is 0 Å². The van der Waals surface area contributed by atoms with Crippen molar-refractivity contribution >= 4 is 0 Å². The smallest absolute Gasteiger partial charge is 0.137 e. The predicted octanol–water partition coefficient (Wildman–Crippen LogP) is 3.11. The summed E-state index contributed by atoms with van der Waals surface area (Å²) in [6.45, 7) is 12.6. The van der Waals surface area contributed by atoms with Gasteiger partial charge in [-0.1, -0.05) is 34.3 Å². The van der Waals surface area contributed by atoms with Gasteiger partial charge in [-0.15, -0.1) is 5.73 Å². The molecule has 1 aliphatic heterocycles. The minimum atomic E-state index is -0.473. The van der Waals surface area contributed by atoms with Gasteiger partial charge < -0.3 is 14.4 Å². The van der Waals surface area contributed by atoms with Gasteiger partial charge in [0, 0.05) is 7.11 Å². The standard InChI is InChI=1S/C17H31NO2/c1-9-10-17(19-8)15(18(6)7)14(11-12(2)3)20-16(17)13(4)5/h10,12-16H,1,11H2,2-8H3/t14-,15-,16+,17-/m1/s1. The normalized spacial score (nSPS) is 34.0. The van der Waals surface area contributed by atoms with Gasteiger partial charge in [0.1, 0.15) is 5.60 Å². The van der Waals surface area contributed by atoms with Gasteiger partial charge >= 0.3 is 0 Å². The molecule has 1 rings (SSSR count). The first-order valence-electron chi connectivity index (χ1n) is 7.54. The van der Waals surface area contributed by atoms with Crippen LogP contribution in [0.5, 0.6) is 0 Å². The molecule has 1 aliphatic rings. The zero-order valence-electron chi connectivity index (χ0n) is 14.1. The third-order valence-electron chi connectivity index (χ3n) is 4.13. The van der Waals surface area contributed by atoms with Crippen molar-refractivity contribution < 1.29 is 9.47 Å². The summed E-state index contributed by atoms with van der Waals surface area (Å²) < 4.78 is 12.4. The molecule has 0 bridgehead atoms. The van der Waals surface area contributed by atoms with E-state index in [1.807, 2.05) is 6.08 Å². The van der Waals surface area contributed by atoms with Crippen LogP contribution in [-0.4, -0.2) is 50.0 Å². The van der Waals surface area contributed by atoms with Gasteiger partial charge in [-0.2, -0.15) is 0 Å². The van der Waals surface area contributed by atoms with Gasteiger partial charge in [0.2, 0.25) is 0 Å². The van der Waals surface area contributed by atoms with Crippen LogP contribution in [-0.2, 0) is 9.47 Å². The highest BCUT2D eigenvalue weighted by Gasteiger charge is 2.57. The average molecular weight is 281 g/mol. The Balaban J connectivity index is 3.26. The SMILES string of the molecule is C=C=C[C@]1(OC)[C@H](C(C)C)O[C@H](CC(C)C)[C@H]1N(C)C. The zero-order chi connectivity index (χ0) is 15.5. The van der Waals surface area contributed by atoms with E-state index in [1.54, 1.807) is 7.11 Å². The molecule has 0 amide bonds. The van der Waals surface area contributed by atoms with Gasteiger partial charge in [-0.05, 0) is 38.4 Å². The Morgan fingerprint density at radius 2 is 1.95 bits per heavy atom. The van der Waals surface area contributed by atoms with E-state index in [0.29, 0.717) is 11.8 Å². The number of hydrogen-bond acceptors (Lipinski definition) is 3. The van der Waals surface area contributed by atoms with E-state index in [-0.39, 0.29) is 18.2 Å². The highest BCUT2D eigenvalue weighted by atomic mass is 16.6. The highest BCUT2D eigenvalue weighted by molar-refractivity contribution is 5.19. The van der Waals surface area contributed by atoms with Gasteiger partial charge in [0.05, 0.1) is 18.2 Å². The van der Waals surface area contributed by atoms with Crippen molar-refractivity contribution in [1.82, 2.24) is 4.90 Å². The summed E-state index contributed by atoms with van der Waals surface area (Å²) in [5.74, 6) is 0.967. The number of methoxy groups -OCH3 is 1. The fourth-order valence-electron chi connectivity index (χ4n) is 3.51. The van der Waals surface area contributed by atoms with Crippen LogP contribution in [0, 0.1) is 11.8 Å². The fraction of sp³-hybridized carbons (Fsp3) is 0.824. The second-order valence-electron chi connectivity index (χ2n) is 6.78. The van der Waals surface area contributed by atoms with E-state index in [0.717, 1.165) is 6.42 Å². The summed E-state index contributed by atoms with van der Waals surface area (Å²) >= 11 is 0. The third-order valence-corrected chi connectivity index (χ3v) is 4.13. The molecular formula is C17H31NO2. The first kappa shape index (κ1) is 17.5. The van der Waals surface area contributed by atoms with E-state index >= 15 is 0 Å². The number of hydrogen-bond donors (Lipinski definition) is 0. The first-order chi connectivity index (χ1) is 9.30. The van der Waals surface area contributed by atoms with Crippen LogP contribution in [0.3, 0.4) is 0 Å². The average Bonchev–Trinajstić information content (AvgIpc) is 2.63. The summed E-state index contributed by atoms with van der Waals surface area (Å²) in [4.78, 5) is 2.22. The van der Waals surface area contributed by atoms with Crippen molar-refractivity contribution in [1.29, 1.82) is 0 Å². The Morgan fingerprint density at radius 1 is 1.35 bits per heavy atom. The molecule has 0 spiro atoms. The van der Waals surface area contributed by atoms with E-state index < -0.39 is 5.60 Å². The van der Waals surface area contributed by atoms with Crippen molar-refractivity contribution in [3.05, 3.63) is 18.4 Å². The van der Waals surface area contributed by atoms with Crippen LogP contribution in [0.2, 0.25) is 0 Å². The van der Waals surface area contributed by atoms with Crippen molar-refractivity contribution in [3.8, 4) is 0 Å². The van der Waals surface area contributed by atoms with Crippen LogP contribution in [0.4, 0.5) is 0 Å². The molecule has 0 saturated carbocycles. The van der Waals surface area contributed by atoms with Crippen LogP contribution in [0.25, 0.3) is 0 Å². The molecule has 0 unspecified atom stereocenters.